The zero-order valence-corrected chi connectivity index (χ0v) is 23.0. The molecule has 0 bridgehead atoms. The van der Waals surface area contributed by atoms with Crippen LogP contribution in [-0.4, -0.2) is 57.4 Å². The van der Waals surface area contributed by atoms with Gasteiger partial charge in [-0.1, -0.05) is 13.0 Å². The van der Waals surface area contributed by atoms with Gasteiger partial charge in [0.2, 0.25) is 11.8 Å². The Balaban J connectivity index is 1.60. The maximum Gasteiger partial charge on any atom is 0.406 e. The molecule has 1 aliphatic rings. The van der Waals surface area contributed by atoms with E-state index in [1.54, 1.807) is 25.1 Å². The number of alkyl halides is 3. The third-order valence-electron chi connectivity index (χ3n) is 7.16. The lowest BCUT2D eigenvalue weighted by Crippen LogP contribution is -2.59. The summed E-state index contributed by atoms with van der Waals surface area (Å²) in [4.78, 5) is 47.7. The maximum atomic E-state index is 14.7. The van der Waals surface area contributed by atoms with Gasteiger partial charge in [0.1, 0.15) is 24.2 Å². The van der Waals surface area contributed by atoms with Gasteiger partial charge in [-0.3, -0.25) is 19.4 Å². The van der Waals surface area contributed by atoms with Gasteiger partial charge in [0.15, 0.2) is 11.6 Å². The predicted octanol–water partition coefficient (Wildman–Crippen LogP) is 4.70. The molecule has 4 rings (SSSR count). The van der Waals surface area contributed by atoms with E-state index in [-0.39, 0.29) is 12.0 Å². The van der Waals surface area contributed by atoms with Gasteiger partial charge in [0.05, 0.1) is 12.0 Å². The van der Waals surface area contributed by atoms with Gasteiger partial charge >= 0.3 is 6.18 Å². The Bertz CT molecular complexity index is 1520. The zero-order chi connectivity index (χ0) is 31.5. The highest BCUT2D eigenvalue weighted by Crippen LogP contribution is 2.37. The molecule has 3 amide bonds. The number of halogens is 6. The number of aryl methyl sites for hydroxylation is 1. The highest BCUT2D eigenvalue weighted by molar-refractivity contribution is 5.98. The van der Waals surface area contributed by atoms with E-state index in [0.29, 0.717) is 40.5 Å². The van der Waals surface area contributed by atoms with E-state index in [4.69, 9.17) is 0 Å². The molecule has 1 fully saturated rings. The number of carbonyl (C=O) groups is 3. The number of benzene rings is 1. The Morgan fingerprint density at radius 3 is 2.49 bits per heavy atom. The summed E-state index contributed by atoms with van der Waals surface area (Å²) >= 11 is 0. The lowest BCUT2D eigenvalue weighted by atomic mass is 9.81. The number of amides is 3. The summed E-state index contributed by atoms with van der Waals surface area (Å²) in [6, 6.07) is 4.37. The van der Waals surface area contributed by atoms with Gasteiger partial charge < -0.3 is 15.5 Å². The number of hydrogen-bond donors (Lipinski definition) is 2. The van der Waals surface area contributed by atoms with Crippen LogP contribution in [0.4, 0.5) is 32.2 Å². The SMILES string of the molecule is CCc1ncc(C(=O)NC2CC(c3cc(F)cc(F)c3F)C(C)N(CC(F)(F)F)C2=O)cc1CC(=O)Nc1ccccn1. The molecule has 0 spiro atoms. The number of nitrogens with zero attached hydrogens (tertiary/aromatic N) is 3. The van der Waals surface area contributed by atoms with Crippen molar-refractivity contribution in [1.82, 2.24) is 20.2 Å². The Morgan fingerprint density at radius 2 is 1.84 bits per heavy atom. The van der Waals surface area contributed by atoms with Crippen LogP contribution in [0.3, 0.4) is 0 Å². The van der Waals surface area contributed by atoms with E-state index >= 15 is 0 Å². The van der Waals surface area contributed by atoms with E-state index in [1.165, 1.54) is 25.4 Å². The number of rotatable bonds is 8. The fraction of sp³-hybridized carbons (Fsp3) is 0.345. The van der Waals surface area contributed by atoms with Crippen LogP contribution in [0.15, 0.2) is 48.8 Å². The summed E-state index contributed by atoms with van der Waals surface area (Å²) in [6.45, 7) is 1.27. The average molecular weight is 608 g/mol. The second-order valence-corrected chi connectivity index (χ2v) is 10.1. The Morgan fingerprint density at radius 1 is 1.09 bits per heavy atom. The topological polar surface area (TPSA) is 104 Å². The van der Waals surface area contributed by atoms with Crippen molar-refractivity contribution in [1.29, 1.82) is 0 Å². The summed E-state index contributed by atoms with van der Waals surface area (Å²) in [6.07, 6.45) is -2.36. The number of pyridine rings is 2. The first-order valence-corrected chi connectivity index (χ1v) is 13.3. The van der Waals surface area contributed by atoms with E-state index in [2.05, 4.69) is 20.6 Å². The molecule has 1 saturated heterocycles. The van der Waals surface area contributed by atoms with Crippen molar-refractivity contribution in [2.45, 2.75) is 57.3 Å². The fourth-order valence-electron chi connectivity index (χ4n) is 5.11. The smallest absolute Gasteiger partial charge is 0.340 e. The fourth-order valence-corrected chi connectivity index (χ4v) is 5.11. The van der Waals surface area contributed by atoms with Gasteiger partial charge in [-0.15, -0.1) is 0 Å². The summed E-state index contributed by atoms with van der Waals surface area (Å²) < 4.78 is 83.0. The quantitative estimate of drug-likeness (QED) is 0.286. The molecule has 3 aromatic rings. The normalized spacial score (nSPS) is 18.8. The molecule has 3 atom stereocenters. The van der Waals surface area contributed by atoms with Crippen LogP contribution in [0.1, 0.15) is 53.4 Å². The van der Waals surface area contributed by atoms with Crippen LogP contribution in [0.5, 0.6) is 0 Å². The summed E-state index contributed by atoms with van der Waals surface area (Å²) in [5, 5.41) is 4.99. The number of piperidine rings is 1. The molecule has 3 heterocycles. The molecule has 0 aliphatic carbocycles. The van der Waals surface area contributed by atoms with E-state index in [1.807, 2.05) is 0 Å². The minimum absolute atomic E-state index is 0.0915. The Kier molecular flexibility index (Phi) is 9.36. The highest BCUT2D eigenvalue weighted by atomic mass is 19.4. The molecule has 8 nitrogen and oxygen atoms in total. The van der Waals surface area contributed by atoms with Gasteiger partial charge in [0, 0.05) is 36.1 Å². The van der Waals surface area contributed by atoms with Crippen molar-refractivity contribution in [3.8, 4) is 0 Å². The molecule has 2 aromatic heterocycles. The number of carbonyl (C=O) groups excluding carboxylic acids is 3. The Labute approximate surface area is 242 Å². The third kappa shape index (κ3) is 7.48. The van der Waals surface area contributed by atoms with Crippen LogP contribution in [-0.2, 0) is 22.4 Å². The number of aromatic nitrogens is 2. The second-order valence-electron chi connectivity index (χ2n) is 10.1. The largest absolute Gasteiger partial charge is 0.406 e. The molecule has 1 aliphatic heterocycles. The minimum atomic E-state index is -4.85. The summed E-state index contributed by atoms with van der Waals surface area (Å²) in [7, 11) is 0. The maximum absolute atomic E-state index is 14.7. The molecule has 0 radical (unpaired) electrons. The van der Waals surface area contributed by atoms with Crippen LogP contribution >= 0.6 is 0 Å². The molecular weight excluding hydrogens is 580 g/mol. The lowest BCUT2D eigenvalue weighted by molar-refractivity contribution is -0.170. The zero-order valence-electron chi connectivity index (χ0n) is 23.0. The van der Waals surface area contributed by atoms with Gasteiger partial charge in [-0.25, -0.2) is 18.2 Å². The van der Waals surface area contributed by atoms with E-state index in [0.717, 1.165) is 0 Å². The van der Waals surface area contributed by atoms with Crippen molar-refractivity contribution in [2.24, 2.45) is 0 Å². The first-order valence-electron chi connectivity index (χ1n) is 13.3. The highest BCUT2D eigenvalue weighted by Gasteiger charge is 2.46. The van der Waals surface area contributed by atoms with E-state index < -0.39 is 77.9 Å². The monoisotopic (exact) mass is 607 g/mol. The van der Waals surface area contributed by atoms with Crippen LogP contribution < -0.4 is 10.6 Å². The third-order valence-corrected chi connectivity index (χ3v) is 7.16. The molecule has 0 saturated carbocycles. The first-order chi connectivity index (χ1) is 20.3. The van der Waals surface area contributed by atoms with Gasteiger partial charge in [-0.2, -0.15) is 13.2 Å². The number of likely N-dealkylation sites (tertiary alicyclic amines) is 1. The van der Waals surface area contributed by atoms with Gasteiger partial charge in [-0.05, 0) is 55.2 Å². The van der Waals surface area contributed by atoms with Crippen molar-refractivity contribution in [3.05, 3.63) is 88.6 Å². The molecule has 2 N–H and O–H groups in total. The van der Waals surface area contributed by atoms with Crippen LogP contribution in [0, 0.1) is 17.5 Å². The van der Waals surface area contributed by atoms with Crippen LogP contribution in [0.25, 0.3) is 0 Å². The van der Waals surface area contributed by atoms with Crippen molar-refractivity contribution < 1.29 is 40.7 Å². The molecule has 228 valence electrons. The van der Waals surface area contributed by atoms with E-state index in [9.17, 15) is 40.7 Å². The standard InChI is InChI=1S/C29H27F6N5O3/c1-3-22-16(9-25(41)39-24-6-4-5-7-36-24)8-17(13-37-22)27(42)38-23-12-19(20-10-18(30)11-21(31)26(20)32)15(2)40(28(23)43)14-29(33,34)35/h4-8,10-11,13,15,19,23H,3,9,12,14H2,1-2H3,(H,38,42)(H,36,39,41). The molecule has 14 heteroatoms. The molecule has 3 unspecified atom stereocenters. The average Bonchev–Trinajstić information content (AvgIpc) is 2.94. The van der Waals surface area contributed by atoms with Crippen molar-refractivity contribution in [3.63, 3.8) is 0 Å². The molecular formula is C29H27F6N5O3. The summed E-state index contributed by atoms with van der Waals surface area (Å²) in [5.41, 5.74) is 0.251. The number of anilines is 1. The molecule has 43 heavy (non-hydrogen) atoms. The van der Waals surface area contributed by atoms with Crippen molar-refractivity contribution in [2.75, 3.05) is 11.9 Å². The predicted molar refractivity (Wildman–Crippen MR) is 142 cm³/mol. The van der Waals surface area contributed by atoms with Gasteiger partial charge in [0.25, 0.3) is 5.91 Å². The summed E-state index contributed by atoms with van der Waals surface area (Å²) in [5.74, 6) is -7.57. The first kappa shape index (κ1) is 31.4. The van der Waals surface area contributed by atoms with Crippen molar-refractivity contribution >= 4 is 23.5 Å². The lowest BCUT2D eigenvalue weighted by Gasteiger charge is -2.43. The number of nitrogens with one attached hydrogen (secondary N) is 2. The van der Waals surface area contributed by atoms with Crippen LogP contribution in [0.2, 0.25) is 0 Å². The number of hydrogen-bond acceptors (Lipinski definition) is 5. The minimum Gasteiger partial charge on any atom is -0.340 e. The Hall–Kier alpha value is -4.49. The molecule has 1 aromatic carbocycles. The second kappa shape index (κ2) is 12.8.